The Kier molecular flexibility index (Phi) is 23.4. The van der Waals surface area contributed by atoms with Crippen LogP contribution in [0, 0.1) is 11.8 Å². The third kappa shape index (κ3) is 17.7. The molecule has 2 saturated carbocycles. The predicted molar refractivity (Wildman–Crippen MR) is 363 cm³/mol. The van der Waals surface area contributed by atoms with Crippen molar-refractivity contribution in [2.75, 3.05) is 26.4 Å². The van der Waals surface area contributed by atoms with E-state index in [1.165, 1.54) is 112 Å². The van der Waals surface area contributed by atoms with Crippen molar-refractivity contribution in [3.8, 4) is 57.5 Å². The first kappa shape index (κ1) is 65.4. The SMILES string of the molecule is CCCCc1ccc(C(=O)Oc2cc3c(cc2OCCCCOc2ccc(C4CCC(CCCC)CC4)cc2)N=c2cc4c(cc2O3)=Nc2cc(OCCCCOc3ccc(C5CCC(CCCC)CC5)cc3)c(OC(=O)c3ccc(CCCC)cc3)cc2O4)cc1. The molecule has 0 bridgehead atoms. The first-order valence-corrected chi connectivity index (χ1v) is 34.9. The minimum absolute atomic E-state index is 0.212. The van der Waals surface area contributed by atoms with E-state index in [0.717, 1.165) is 74.7 Å². The van der Waals surface area contributed by atoms with Crippen molar-refractivity contribution in [2.24, 2.45) is 21.8 Å². The van der Waals surface area contributed by atoms with Gasteiger partial charge in [-0.05, 0) is 197 Å². The Balaban J connectivity index is 0.762. The van der Waals surface area contributed by atoms with Crippen molar-refractivity contribution in [3.05, 3.63) is 178 Å². The predicted octanol–water partition coefficient (Wildman–Crippen LogP) is 20.3. The Hall–Kier alpha value is -8.12. The fourth-order valence-electron chi connectivity index (χ4n) is 13.2. The first-order valence-electron chi connectivity index (χ1n) is 34.9. The van der Waals surface area contributed by atoms with Crippen LogP contribution < -0.4 is 48.6 Å². The van der Waals surface area contributed by atoms with Crippen LogP contribution in [0.4, 0.5) is 11.4 Å². The van der Waals surface area contributed by atoms with Gasteiger partial charge in [0.25, 0.3) is 0 Å². The maximum atomic E-state index is 13.8. The molecule has 0 saturated heterocycles. The van der Waals surface area contributed by atoms with Crippen LogP contribution in [0.2, 0.25) is 0 Å². The molecular formula is C80H94N2O10. The second-order valence-corrected chi connectivity index (χ2v) is 25.8. The highest BCUT2D eigenvalue weighted by molar-refractivity contribution is 5.92. The standard InChI is InChI=1S/C80H94N2O10/c1-5-9-17-55-21-29-59(30-22-55)61-37-41-65(42-38-61)85-45-13-15-47-87-75-51-69-73(53-77(75)91-79(83)63-33-25-57(26-34-63)19-11-7-3)89-71-50-68-72(49-67(71)81-69)90-74-54-78(92-80(84)64-35-27-58(28-36-64)20-12-8-4)76(52-70(74)82-68)88-48-16-14-46-86-66-43-39-62(40-44-66)60-31-23-56(24-32-60)18-10-6-2/h25-28,33-44,49-56,59-60H,5-24,29-32,45-48H2,1-4H3. The Labute approximate surface area is 545 Å². The largest absolute Gasteiger partial charge is 0.494 e. The van der Waals surface area contributed by atoms with Crippen LogP contribution in [0.15, 0.2) is 143 Å². The summed E-state index contributed by atoms with van der Waals surface area (Å²) in [6.45, 7) is 10.7. The maximum Gasteiger partial charge on any atom is 0.343 e. The number of hydrogen-bond acceptors (Lipinski definition) is 12. The van der Waals surface area contributed by atoms with E-state index >= 15 is 0 Å². The van der Waals surface area contributed by atoms with Crippen LogP contribution >= 0.6 is 0 Å². The molecule has 0 unspecified atom stereocenters. The minimum atomic E-state index is -0.513. The molecule has 12 nitrogen and oxygen atoms in total. The second-order valence-electron chi connectivity index (χ2n) is 25.8. The summed E-state index contributed by atoms with van der Waals surface area (Å²) in [6.07, 6.45) is 27.5. The van der Waals surface area contributed by atoms with E-state index in [1.807, 2.05) is 24.3 Å². The number of aryl methyl sites for hydroxylation is 2. The molecule has 0 amide bonds. The highest BCUT2D eigenvalue weighted by Gasteiger charge is 2.27. The van der Waals surface area contributed by atoms with E-state index in [2.05, 4.69) is 76.2 Å². The number of unbranched alkanes of at least 4 members (excludes halogenated alkanes) is 6. The monoisotopic (exact) mass is 1240 g/mol. The quantitative estimate of drug-likeness (QED) is 0.0228. The van der Waals surface area contributed by atoms with Gasteiger partial charge in [-0.15, -0.1) is 0 Å². The van der Waals surface area contributed by atoms with Gasteiger partial charge < -0.3 is 37.9 Å². The lowest BCUT2D eigenvalue weighted by Gasteiger charge is -2.28. The van der Waals surface area contributed by atoms with Gasteiger partial charge in [0.15, 0.2) is 46.0 Å². The van der Waals surface area contributed by atoms with Gasteiger partial charge in [0.05, 0.1) is 37.6 Å². The lowest BCUT2D eigenvalue weighted by atomic mass is 9.77. The number of esters is 2. The molecule has 0 N–H and O–H groups in total. The number of benzene rings is 7. The Morgan fingerprint density at radius 2 is 0.761 bits per heavy atom. The number of hydrogen-bond donors (Lipinski definition) is 0. The molecule has 11 rings (SSSR count). The van der Waals surface area contributed by atoms with Gasteiger partial charge in [-0.2, -0.15) is 0 Å². The molecule has 12 heteroatoms. The van der Waals surface area contributed by atoms with Crippen molar-refractivity contribution >= 4 is 23.3 Å². The smallest absolute Gasteiger partial charge is 0.343 e. The van der Waals surface area contributed by atoms with Gasteiger partial charge in [0.1, 0.15) is 33.6 Å². The molecule has 484 valence electrons. The average molecular weight is 1240 g/mol. The summed E-state index contributed by atoms with van der Waals surface area (Å²) < 4.78 is 50.7. The summed E-state index contributed by atoms with van der Waals surface area (Å²) in [7, 11) is 0. The van der Waals surface area contributed by atoms with Crippen LogP contribution in [0.1, 0.15) is 224 Å². The molecule has 2 aliphatic carbocycles. The van der Waals surface area contributed by atoms with E-state index in [-0.39, 0.29) is 11.5 Å². The number of fused-ring (bicyclic) bond motifs is 4. The average Bonchev–Trinajstić information content (AvgIpc) is 0.983. The second kappa shape index (κ2) is 32.9. The normalized spacial score (nSPS) is 17.0. The van der Waals surface area contributed by atoms with Crippen molar-refractivity contribution in [1.82, 2.24) is 0 Å². The third-order valence-corrected chi connectivity index (χ3v) is 18.9. The van der Waals surface area contributed by atoms with Gasteiger partial charge in [-0.25, -0.2) is 19.6 Å². The Morgan fingerprint density at radius 3 is 1.13 bits per heavy atom. The molecule has 7 aromatic rings. The van der Waals surface area contributed by atoms with Crippen LogP contribution in [0.25, 0.3) is 0 Å². The van der Waals surface area contributed by atoms with Gasteiger partial charge in [-0.3, -0.25) is 0 Å². The van der Waals surface area contributed by atoms with E-state index in [1.54, 1.807) is 60.7 Å². The lowest BCUT2D eigenvalue weighted by molar-refractivity contribution is 0.0718. The minimum Gasteiger partial charge on any atom is -0.494 e. The van der Waals surface area contributed by atoms with Crippen LogP contribution in [0.5, 0.6) is 57.5 Å². The van der Waals surface area contributed by atoms with E-state index in [0.29, 0.717) is 119 Å². The van der Waals surface area contributed by atoms with Crippen LogP contribution in [-0.2, 0) is 12.8 Å². The zero-order valence-corrected chi connectivity index (χ0v) is 54.8. The Morgan fingerprint density at radius 1 is 0.391 bits per heavy atom. The zero-order chi connectivity index (χ0) is 63.4. The summed E-state index contributed by atoms with van der Waals surface area (Å²) in [5.74, 6) is 6.52. The lowest BCUT2D eigenvalue weighted by Crippen LogP contribution is -2.19. The number of carbonyl (C=O) groups excluding carboxylic acids is 2. The van der Waals surface area contributed by atoms with Gasteiger partial charge in [0, 0.05) is 36.4 Å². The molecule has 0 aromatic heterocycles. The van der Waals surface area contributed by atoms with Crippen LogP contribution in [0.3, 0.4) is 0 Å². The highest BCUT2D eigenvalue weighted by atomic mass is 16.6. The number of rotatable bonds is 32. The Bertz CT molecular complexity index is 3420. The molecule has 92 heavy (non-hydrogen) atoms. The zero-order valence-electron chi connectivity index (χ0n) is 54.8. The van der Waals surface area contributed by atoms with Crippen molar-refractivity contribution in [1.29, 1.82) is 0 Å². The topological polar surface area (TPSA) is 133 Å². The summed E-state index contributed by atoms with van der Waals surface area (Å²) in [5.41, 5.74) is 6.99. The summed E-state index contributed by atoms with van der Waals surface area (Å²) in [5, 5.41) is 0.998. The van der Waals surface area contributed by atoms with Gasteiger partial charge in [-0.1, -0.05) is 128 Å². The van der Waals surface area contributed by atoms with Crippen molar-refractivity contribution in [2.45, 2.75) is 194 Å². The van der Waals surface area contributed by atoms with E-state index in [9.17, 15) is 9.59 Å². The van der Waals surface area contributed by atoms with Crippen molar-refractivity contribution in [3.63, 3.8) is 0 Å². The summed E-state index contributed by atoms with van der Waals surface area (Å²) in [4.78, 5) is 37.7. The summed E-state index contributed by atoms with van der Waals surface area (Å²) >= 11 is 0. The molecule has 2 fully saturated rings. The third-order valence-electron chi connectivity index (χ3n) is 18.9. The molecule has 0 spiro atoms. The summed E-state index contributed by atoms with van der Waals surface area (Å²) in [6, 6.07) is 42.9. The van der Waals surface area contributed by atoms with Gasteiger partial charge >= 0.3 is 11.9 Å². The molecule has 2 heterocycles. The number of nitrogens with zero attached hydrogens (tertiary/aromatic N) is 2. The first-order chi connectivity index (χ1) is 45.2. The van der Waals surface area contributed by atoms with E-state index < -0.39 is 11.9 Å². The fraction of sp³-hybridized carbons (Fsp3) is 0.450. The highest BCUT2D eigenvalue weighted by Crippen LogP contribution is 2.47. The maximum absolute atomic E-state index is 13.8. The molecular weight excluding hydrogens is 1150 g/mol. The molecule has 4 aliphatic rings. The molecule has 2 aliphatic heterocycles. The molecule has 0 radical (unpaired) electrons. The number of ether oxygens (including phenoxy) is 8. The number of carbonyl (C=O) groups is 2. The molecule has 0 atom stereocenters. The van der Waals surface area contributed by atoms with E-state index in [4.69, 9.17) is 47.9 Å². The molecule has 7 aromatic carbocycles. The van der Waals surface area contributed by atoms with Crippen molar-refractivity contribution < 1.29 is 47.5 Å². The van der Waals surface area contributed by atoms with Gasteiger partial charge in [0.2, 0.25) is 0 Å². The van der Waals surface area contributed by atoms with Crippen LogP contribution in [-0.4, -0.2) is 38.4 Å². The fourth-order valence-corrected chi connectivity index (χ4v) is 13.2.